The summed E-state index contributed by atoms with van der Waals surface area (Å²) in [6, 6.07) is 23.9. The quantitative estimate of drug-likeness (QED) is 0.215. The van der Waals surface area contributed by atoms with Crippen LogP contribution in [0.2, 0.25) is 0 Å². The van der Waals surface area contributed by atoms with E-state index in [1.807, 2.05) is 54.6 Å². The Labute approximate surface area is 177 Å². The van der Waals surface area contributed by atoms with Crippen LogP contribution in [-0.4, -0.2) is 23.2 Å². The number of hydrogen-bond donors (Lipinski definition) is 0. The molecule has 0 fully saturated rings. The van der Waals surface area contributed by atoms with Gasteiger partial charge in [0.1, 0.15) is 5.75 Å². The highest BCUT2D eigenvalue weighted by atomic mass is 32.1. The van der Waals surface area contributed by atoms with Gasteiger partial charge in [-0.15, -0.1) is 0 Å². The number of aliphatic imine (C=N–C) groups is 1. The van der Waals surface area contributed by atoms with Crippen molar-refractivity contribution in [3.63, 3.8) is 0 Å². The fourth-order valence-electron chi connectivity index (χ4n) is 2.91. The Kier molecular flexibility index (Phi) is 5.63. The summed E-state index contributed by atoms with van der Waals surface area (Å²) < 4.78 is 5.24. The number of hydrogen-bond acceptors (Lipinski definition) is 6. The van der Waals surface area contributed by atoms with Crippen LogP contribution in [0.1, 0.15) is 5.56 Å². The maximum absolute atomic E-state index is 11.0. The van der Waals surface area contributed by atoms with Crippen molar-refractivity contribution < 1.29 is 9.66 Å². The second-order valence-electron chi connectivity index (χ2n) is 6.38. The minimum atomic E-state index is -0.406. The van der Waals surface area contributed by atoms with Crippen molar-refractivity contribution in [1.82, 2.24) is 4.98 Å². The molecule has 7 heteroatoms. The second kappa shape index (κ2) is 8.67. The highest BCUT2D eigenvalue weighted by molar-refractivity contribution is 7.19. The molecule has 0 aliphatic rings. The van der Waals surface area contributed by atoms with Crippen LogP contribution in [0.25, 0.3) is 21.7 Å². The maximum atomic E-state index is 11.0. The van der Waals surface area contributed by atoms with Crippen molar-refractivity contribution in [2.75, 3.05) is 7.11 Å². The summed E-state index contributed by atoms with van der Waals surface area (Å²) in [4.78, 5) is 20.7. The molecule has 1 heterocycles. The zero-order chi connectivity index (χ0) is 20.9. The van der Waals surface area contributed by atoms with E-state index in [9.17, 15) is 10.1 Å². The lowest BCUT2D eigenvalue weighted by Crippen LogP contribution is -1.88. The molecule has 0 N–H and O–H groups in total. The van der Waals surface area contributed by atoms with E-state index in [1.165, 1.54) is 23.5 Å². The summed E-state index contributed by atoms with van der Waals surface area (Å²) in [5.74, 6) is 0.758. The average molecular weight is 415 g/mol. The molecule has 0 saturated heterocycles. The molecule has 0 aliphatic heterocycles. The zero-order valence-electron chi connectivity index (χ0n) is 16.1. The number of rotatable bonds is 6. The van der Waals surface area contributed by atoms with Crippen LogP contribution in [0.3, 0.4) is 0 Å². The molecule has 148 valence electrons. The Hall–Kier alpha value is -3.84. The van der Waals surface area contributed by atoms with Gasteiger partial charge in [0.15, 0.2) is 0 Å². The molecular weight excluding hydrogens is 398 g/mol. The Balaban J connectivity index is 1.76. The minimum absolute atomic E-state index is 0.0524. The molecule has 3 aromatic carbocycles. The monoisotopic (exact) mass is 415 g/mol. The third kappa shape index (κ3) is 4.26. The molecule has 0 aliphatic carbocycles. The van der Waals surface area contributed by atoms with Crippen LogP contribution < -0.4 is 4.74 Å². The normalized spacial score (nSPS) is 11.0. The molecule has 6 nitrogen and oxygen atoms in total. The summed E-state index contributed by atoms with van der Waals surface area (Å²) in [5, 5.41) is 11.6. The molecule has 30 heavy (non-hydrogen) atoms. The predicted molar refractivity (Wildman–Crippen MR) is 120 cm³/mol. The van der Waals surface area contributed by atoms with Crippen LogP contribution >= 0.6 is 11.3 Å². The number of aromatic nitrogens is 1. The van der Waals surface area contributed by atoms with Crippen LogP contribution in [0.5, 0.6) is 5.75 Å². The maximum Gasteiger partial charge on any atom is 0.269 e. The molecule has 0 bridgehead atoms. The Morgan fingerprint density at radius 3 is 2.27 bits per heavy atom. The van der Waals surface area contributed by atoms with Gasteiger partial charge in [-0.3, -0.25) is 10.1 Å². The first-order valence-electron chi connectivity index (χ1n) is 9.13. The third-order valence-corrected chi connectivity index (χ3v) is 5.46. The number of thiazole rings is 1. The van der Waals surface area contributed by atoms with Gasteiger partial charge in [0.25, 0.3) is 5.69 Å². The fourth-order valence-corrected chi connectivity index (χ4v) is 3.85. The van der Waals surface area contributed by atoms with Gasteiger partial charge in [-0.05, 0) is 47.5 Å². The van der Waals surface area contributed by atoms with E-state index in [0.29, 0.717) is 5.13 Å². The number of nitrogens with zero attached hydrogens (tertiary/aromatic N) is 3. The van der Waals surface area contributed by atoms with Gasteiger partial charge < -0.3 is 4.74 Å². The van der Waals surface area contributed by atoms with Gasteiger partial charge in [-0.25, -0.2) is 9.98 Å². The molecule has 0 unspecified atom stereocenters. The standard InChI is InChI=1S/C23H17N3O3S/c1-29-20-13-9-17(10-14-20)21-22(18-7-11-19(12-8-18)26(27)28)30-23(25-21)24-15-16-5-3-2-4-6-16/h2-15H,1H3. The first-order valence-corrected chi connectivity index (χ1v) is 9.95. The Morgan fingerprint density at radius 1 is 0.967 bits per heavy atom. The molecule has 0 spiro atoms. The first-order chi connectivity index (χ1) is 14.6. The van der Waals surface area contributed by atoms with Crippen LogP contribution in [-0.2, 0) is 0 Å². The fraction of sp³-hybridized carbons (Fsp3) is 0.0435. The summed E-state index contributed by atoms with van der Waals surface area (Å²) >= 11 is 1.44. The zero-order valence-corrected chi connectivity index (χ0v) is 16.9. The largest absolute Gasteiger partial charge is 0.497 e. The lowest BCUT2D eigenvalue weighted by molar-refractivity contribution is -0.384. The van der Waals surface area contributed by atoms with Gasteiger partial charge in [0.05, 0.1) is 22.6 Å². The molecule has 0 amide bonds. The molecule has 0 radical (unpaired) electrons. The number of non-ortho nitro benzene ring substituents is 1. The van der Waals surface area contributed by atoms with E-state index < -0.39 is 4.92 Å². The number of nitro benzene ring substituents is 1. The van der Waals surface area contributed by atoms with Gasteiger partial charge in [-0.2, -0.15) is 0 Å². The average Bonchev–Trinajstić information content (AvgIpc) is 3.23. The third-order valence-electron chi connectivity index (χ3n) is 4.44. The molecule has 4 aromatic rings. The van der Waals surface area contributed by atoms with E-state index in [2.05, 4.69) is 4.99 Å². The van der Waals surface area contributed by atoms with E-state index in [0.717, 1.165) is 33.0 Å². The predicted octanol–water partition coefficient (Wildman–Crippen LogP) is 6.14. The lowest BCUT2D eigenvalue weighted by Gasteiger charge is -2.04. The van der Waals surface area contributed by atoms with Gasteiger partial charge in [0.2, 0.25) is 5.13 Å². The van der Waals surface area contributed by atoms with Crippen LogP contribution in [0, 0.1) is 10.1 Å². The lowest BCUT2D eigenvalue weighted by atomic mass is 10.1. The summed E-state index contributed by atoms with van der Waals surface area (Å²) in [6.45, 7) is 0. The smallest absolute Gasteiger partial charge is 0.269 e. The highest BCUT2D eigenvalue weighted by Gasteiger charge is 2.16. The van der Waals surface area contributed by atoms with Crippen molar-refractivity contribution in [3.8, 4) is 27.4 Å². The Morgan fingerprint density at radius 2 is 1.63 bits per heavy atom. The van der Waals surface area contributed by atoms with Crippen molar-refractivity contribution in [2.24, 2.45) is 4.99 Å². The first kappa shape index (κ1) is 19.5. The van der Waals surface area contributed by atoms with Crippen LogP contribution in [0.15, 0.2) is 83.9 Å². The molecule has 4 rings (SSSR count). The molecule has 1 aromatic heterocycles. The summed E-state index contributed by atoms with van der Waals surface area (Å²) in [7, 11) is 1.62. The molecule has 0 saturated carbocycles. The van der Waals surface area contributed by atoms with E-state index in [4.69, 9.17) is 9.72 Å². The number of ether oxygens (including phenoxy) is 1. The number of methoxy groups -OCH3 is 1. The van der Waals surface area contributed by atoms with Gasteiger partial charge >= 0.3 is 0 Å². The van der Waals surface area contributed by atoms with Crippen molar-refractivity contribution >= 4 is 28.4 Å². The SMILES string of the molecule is COc1ccc(-c2nc(N=Cc3ccccc3)sc2-c2ccc([N+](=O)[O-])cc2)cc1. The van der Waals surface area contributed by atoms with Crippen molar-refractivity contribution in [2.45, 2.75) is 0 Å². The number of benzene rings is 3. The highest BCUT2D eigenvalue weighted by Crippen LogP contribution is 2.40. The van der Waals surface area contributed by atoms with Gasteiger partial charge in [-0.1, -0.05) is 41.7 Å². The van der Waals surface area contributed by atoms with Crippen molar-refractivity contribution in [1.29, 1.82) is 0 Å². The topological polar surface area (TPSA) is 77.6 Å². The van der Waals surface area contributed by atoms with E-state index >= 15 is 0 Å². The summed E-state index contributed by atoms with van der Waals surface area (Å²) in [5.41, 5.74) is 3.58. The van der Waals surface area contributed by atoms with Crippen LogP contribution in [0.4, 0.5) is 10.8 Å². The molecular formula is C23H17N3O3S. The van der Waals surface area contributed by atoms with E-state index in [-0.39, 0.29) is 5.69 Å². The van der Waals surface area contributed by atoms with E-state index in [1.54, 1.807) is 25.5 Å². The number of nitro groups is 1. The minimum Gasteiger partial charge on any atom is -0.497 e. The Bertz CT molecular complexity index is 1180. The van der Waals surface area contributed by atoms with Gasteiger partial charge in [0, 0.05) is 23.9 Å². The molecule has 0 atom stereocenters. The van der Waals surface area contributed by atoms with Crippen molar-refractivity contribution in [3.05, 3.63) is 94.5 Å². The second-order valence-corrected chi connectivity index (χ2v) is 7.35. The summed E-state index contributed by atoms with van der Waals surface area (Å²) in [6.07, 6.45) is 1.77.